The Morgan fingerprint density at radius 1 is 1.14 bits per heavy atom. The first-order chi connectivity index (χ1) is 10.0. The molecule has 6 heteroatoms. The van der Waals surface area contributed by atoms with Gasteiger partial charge >= 0.3 is 0 Å². The van der Waals surface area contributed by atoms with E-state index in [1.54, 1.807) is 32.4 Å². The Morgan fingerprint density at radius 3 is 2.48 bits per heavy atom. The van der Waals surface area contributed by atoms with Crippen molar-refractivity contribution in [2.24, 2.45) is 5.73 Å². The van der Waals surface area contributed by atoms with Crippen LogP contribution in [0.4, 0.5) is 11.4 Å². The van der Waals surface area contributed by atoms with Gasteiger partial charge in [0.05, 0.1) is 24.9 Å². The van der Waals surface area contributed by atoms with Crippen LogP contribution >= 0.6 is 23.8 Å². The van der Waals surface area contributed by atoms with Crippen molar-refractivity contribution in [3.63, 3.8) is 0 Å². The maximum absolute atomic E-state index is 6.12. The van der Waals surface area contributed by atoms with Crippen LogP contribution in [0.15, 0.2) is 36.4 Å². The highest BCUT2D eigenvalue weighted by Gasteiger charge is 2.09. The van der Waals surface area contributed by atoms with Gasteiger partial charge in [-0.25, -0.2) is 0 Å². The summed E-state index contributed by atoms with van der Waals surface area (Å²) < 4.78 is 10.3. The van der Waals surface area contributed by atoms with Crippen molar-refractivity contribution in [3.8, 4) is 11.5 Å². The minimum atomic E-state index is 0.305. The molecule has 4 nitrogen and oxygen atoms in total. The van der Waals surface area contributed by atoms with Crippen molar-refractivity contribution in [1.82, 2.24) is 0 Å². The fourth-order valence-electron chi connectivity index (χ4n) is 1.87. The largest absolute Gasteiger partial charge is 0.497 e. The van der Waals surface area contributed by atoms with E-state index in [0.717, 1.165) is 16.9 Å². The van der Waals surface area contributed by atoms with E-state index in [2.05, 4.69) is 5.32 Å². The van der Waals surface area contributed by atoms with Gasteiger partial charge in [0.2, 0.25) is 0 Å². The number of hydrogen-bond donors (Lipinski definition) is 2. The number of hydrogen-bond acceptors (Lipinski definition) is 4. The summed E-state index contributed by atoms with van der Waals surface area (Å²) in [7, 11) is 3.17. The molecule has 0 unspecified atom stereocenters. The smallest absolute Gasteiger partial charge is 0.137 e. The second-order valence-corrected chi connectivity index (χ2v) is 5.10. The maximum Gasteiger partial charge on any atom is 0.137 e. The molecule has 2 aromatic carbocycles. The van der Waals surface area contributed by atoms with Crippen molar-refractivity contribution in [1.29, 1.82) is 0 Å². The van der Waals surface area contributed by atoms with Gasteiger partial charge in [0.15, 0.2) is 0 Å². The summed E-state index contributed by atoms with van der Waals surface area (Å²) in [6, 6.07) is 10.9. The summed E-state index contributed by atoms with van der Waals surface area (Å²) in [4.78, 5) is 0.305. The molecule has 21 heavy (non-hydrogen) atoms. The number of benzene rings is 2. The molecule has 0 amide bonds. The topological polar surface area (TPSA) is 56.5 Å². The van der Waals surface area contributed by atoms with Gasteiger partial charge in [-0.05, 0) is 30.3 Å². The minimum absolute atomic E-state index is 0.305. The van der Waals surface area contributed by atoms with Gasteiger partial charge in [0, 0.05) is 17.3 Å². The van der Waals surface area contributed by atoms with Crippen molar-refractivity contribution < 1.29 is 9.47 Å². The lowest BCUT2D eigenvalue weighted by molar-refractivity contribution is 0.415. The Kier molecular flexibility index (Phi) is 4.88. The molecule has 0 atom stereocenters. The Bertz CT molecular complexity index is 677. The summed E-state index contributed by atoms with van der Waals surface area (Å²) in [5.74, 6) is 1.32. The number of methoxy groups -OCH3 is 2. The second-order valence-electron chi connectivity index (χ2n) is 4.25. The van der Waals surface area contributed by atoms with Crippen molar-refractivity contribution in [2.75, 3.05) is 19.5 Å². The predicted molar refractivity (Wildman–Crippen MR) is 90.2 cm³/mol. The predicted octanol–water partition coefficient (Wildman–Crippen LogP) is 3.74. The van der Waals surface area contributed by atoms with Crippen LogP contribution in [0.2, 0.25) is 5.02 Å². The number of nitrogens with one attached hydrogen (secondary N) is 1. The Balaban J connectivity index is 2.37. The lowest BCUT2D eigenvalue weighted by Crippen LogP contribution is -2.12. The molecule has 0 spiro atoms. The highest BCUT2D eigenvalue weighted by atomic mass is 35.5. The van der Waals surface area contributed by atoms with Crippen LogP contribution in [0.25, 0.3) is 0 Å². The number of nitrogens with two attached hydrogens (primary N) is 1. The lowest BCUT2D eigenvalue weighted by Gasteiger charge is -2.14. The van der Waals surface area contributed by atoms with Gasteiger partial charge in [0.25, 0.3) is 0 Å². The van der Waals surface area contributed by atoms with E-state index in [0.29, 0.717) is 21.5 Å². The summed E-state index contributed by atoms with van der Waals surface area (Å²) in [5, 5.41) is 3.75. The fourth-order valence-corrected chi connectivity index (χ4v) is 2.30. The number of thiocarbonyl (C=S) groups is 1. The van der Waals surface area contributed by atoms with Gasteiger partial charge < -0.3 is 20.5 Å². The molecule has 0 aliphatic rings. The summed E-state index contributed by atoms with van der Waals surface area (Å²) in [5.41, 5.74) is 8.02. The first-order valence-electron chi connectivity index (χ1n) is 6.13. The molecule has 0 radical (unpaired) electrons. The zero-order chi connectivity index (χ0) is 15.4. The van der Waals surface area contributed by atoms with E-state index >= 15 is 0 Å². The van der Waals surface area contributed by atoms with E-state index in [4.69, 9.17) is 39.0 Å². The number of rotatable bonds is 5. The van der Waals surface area contributed by atoms with E-state index in [-0.39, 0.29) is 0 Å². The normalized spacial score (nSPS) is 10.0. The zero-order valence-corrected chi connectivity index (χ0v) is 13.2. The number of halogens is 1. The summed E-state index contributed by atoms with van der Waals surface area (Å²) >= 11 is 11.2. The number of anilines is 2. The molecule has 0 saturated carbocycles. The minimum Gasteiger partial charge on any atom is -0.497 e. The quantitative estimate of drug-likeness (QED) is 0.821. The summed E-state index contributed by atoms with van der Waals surface area (Å²) in [6.45, 7) is 0. The van der Waals surface area contributed by atoms with Crippen molar-refractivity contribution in [2.45, 2.75) is 0 Å². The monoisotopic (exact) mass is 322 g/mol. The first kappa shape index (κ1) is 15.4. The Morgan fingerprint density at radius 2 is 1.90 bits per heavy atom. The highest BCUT2D eigenvalue weighted by molar-refractivity contribution is 7.80. The molecule has 3 N–H and O–H groups in total. The zero-order valence-electron chi connectivity index (χ0n) is 11.6. The first-order valence-corrected chi connectivity index (χ1v) is 6.92. The third-order valence-electron chi connectivity index (χ3n) is 2.92. The SMILES string of the molecule is COc1ccc(C(N)=S)c(Nc2ccc(OC)c(Cl)c2)c1. The molecule has 0 heterocycles. The lowest BCUT2D eigenvalue weighted by atomic mass is 10.1. The molecule has 2 rings (SSSR count). The molecule has 0 aromatic heterocycles. The van der Waals surface area contributed by atoms with Crippen LogP contribution < -0.4 is 20.5 Å². The van der Waals surface area contributed by atoms with Crippen LogP contribution in [0.3, 0.4) is 0 Å². The maximum atomic E-state index is 6.12. The number of ether oxygens (including phenoxy) is 2. The summed E-state index contributed by atoms with van der Waals surface area (Å²) in [6.07, 6.45) is 0. The van der Waals surface area contributed by atoms with E-state index in [9.17, 15) is 0 Å². The van der Waals surface area contributed by atoms with E-state index in [1.807, 2.05) is 18.2 Å². The van der Waals surface area contributed by atoms with E-state index in [1.165, 1.54) is 0 Å². The average molecular weight is 323 g/mol. The van der Waals surface area contributed by atoms with Gasteiger partial charge in [-0.1, -0.05) is 23.8 Å². The van der Waals surface area contributed by atoms with Crippen LogP contribution in [0.5, 0.6) is 11.5 Å². The van der Waals surface area contributed by atoms with Crippen LogP contribution in [-0.2, 0) is 0 Å². The third-order valence-corrected chi connectivity index (χ3v) is 3.44. The fraction of sp³-hybridized carbons (Fsp3) is 0.133. The van der Waals surface area contributed by atoms with E-state index < -0.39 is 0 Å². The molecule has 2 aromatic rings. The van der Waals surface area contributed by atoms with Crippen LogP contribution in [0, 0.1) is 0 Å². The third kappa shape index (κ3) is 3.56. The van der Waals surface area contributed by atoms with Crippen molar-refractivity contribution >= 4 is 40.2 Å². The highest BCUT2D eigenvalue weighted by Crippen LogP contribution is 2.31. The average Bonchev–Trinajstić information content (AvgIpc) is 2.47. The van der Waals surface area contributed by atoms with Gasteiger partial charge in [-0.15, -0.1) is 0 Å². The molecule has 0 aliphatic carbocycles. The Labute approximate surface area is 133 Å². The van der Waals surface area contributed by atoms with Gasteiger partial charge in [-0.2, -0.15) is 0 Å². The molecule has 0 saturated heterocycles. The molecular formula is C15H15ClN2O2S. The van der Waals surface area contributed by atoms with Gasteiger partial charge in [0.1, 0.15) is 16.5 Å². The molecule has 0 bridgehead atoms. The molecule has 0 fully saturated rings. The van der Waals surface area contributed by atoms with Gasteiger partial charge in [-0.3, -0.25) is 0 Å². The second kappa shape index (κ2) is 6.65. The molecule has 0 aliphatic heterocycles. The molecular weight excluding hydrogens is 308 g/mol. The van der Waals surface area contributed by atoms with Crippen LogP contribution in [-0.4, -0.2) is 19.2 Å². The standard InChI is InChI=1S/C15H15ClN2O2S/c1-19-10-4-5-11(15(17)21)13(8-10)18-9-3-6-14(20-2)12(16)7-9/h3-8,18H,1-2H3,(H2,17,21). The molecule has 110 valence electrons. The Hall–Kier alpha value is -1.98. The van der Waals surface area contributed by atoms with Crippen LogP contribution in [0.1, 0.15) is 5.56 Å². The van der Waals surface area contributed by atoms with Crippen molar-refractivity contribution in [3.05, 3.63) is 47.0 Å².